The van der Waals surface area contributed by atoms with Crippen molar-refractivity contribution in [1.29, 1.82) is 0 Å². The van der Waals surface area contributed by atoms with E-state index in [1.807, 2.05) is 43.4 Å². The molecule has 1 saturated heterocycles. The van der Waals surface area contributed by atoms with E-state index in [1.165, 1.54) is 0 Å². The van der Waals surface area contributed by atoms with Gasteiger partial charge in [0.05, 0.1) is 17.5 Å². The number of fused-ring (bicyclic) bond motifs is 1. The van der Waals surface area contributed by atoms with E-state index >= 15 is 0 Å². The van der Waals surface area contributed by atoms with Crippen LogP contribution in [0.2, 0.25) is 0 Å². The van der Waals surface area contributed by atoms with Gasteiger partial charge in [-0.1, -0.05) is 0 Å². The normalized spacial score (nSPS) is 17.5. The fourth-order valence-electron chi connectivity index (χ4n) is 3.80. The molecule has 1 amide bonds. The maximum Gasteiger partial charge on any atom is 0.257 e. The summed E-state index contributed by atoms with van der Waals surface area (Å²) in [4.78, 5) is 21.5. The Balaban J connectivity index is 1.59. The van der Waals surface area contributed by atoms with Crippen molar-refractivity contribution in [2.24, 2.45) is 7.05 Å². The van der Waals surface area contributed by atoms with E-state index in [0.29, 0.717) is 5.56 Å². The van der Waals surface area contributed by atoms with E-state index < -0.39 is 0 Å². The molecule has 0 saturated carbocycles. The highest BCUT2D eigenvalue weighted by molar-refractivity contribution is 5.93. The number of piperidine rings is 1. The third-order valence-electron chi connectivity index (χ3n) is 5.20. The molecule has 0 aromatic carbocycles. The largest absolute Gasteiger partial charge is 0.354 e. The molecule has 1 aliphatic rings. The number of anilines is 1. The second-order valence-electron chi connectivity index (χ2n) is 7.37. The lowest BCUT2D eigenvalue weighted by atomic mass is 10.0. The Hall–Kier alpha value is -2.90. The number of hydrogen-bond donors (Lipinski definition) is 0. The minimum atomic E-state index is 0.0148. The third kappa shape index (κ3) is 3.27. The Morgan fingerprint density at radius 3 is 2.81 bits per heavy atom. The summed E-state index contributed by atoms with van der Waals surface area (Å²) in [6.07, 6.45) is 5.41. The SMILES string of the molecule is Cc1cc(N2CCCC(N(C)C(=O)c3cnn(C)c3)C2)n2nc(C)cc2n1. The van der Waals surface area contributed by atoms with Gasteiger partial charge in [0.1, 0.15) is 5.82 Å². The molecular formula is C19H25N7O. The summed E-state index contributed by atoms with van der Waals surface area (Å²) in [5, 5.41) is 8.72. The first-order valence-corrected chi connectivity index (χ1v) is 9.27. The van der Waals surface area contributed by atoms with Gasteiger partial charge in [0.2, 0.25) is 0 Å². The zero-order valence-corrected chi connectivity index (χ0v) is 16.3. The Morgan fingerprint density at radius 2 is 2.07 bits per heavy atom. The van der Waals surface area contributed by atoms with Crippen LogP contribution >= 0.6 is 0 Å². The molecule has 27 heavy (non-hydrogen) atoms. The van der Waals surface area contributed by atoms with E-state index in [2.05, 4.69) is 26.1 Å². The Bertz CT molecular complexity index is 989. The summed E-state index contributed by atoms with van der Waals surface area (Å²) in [5.74, 6) is 1.05. The lowest BCUT2D eigenvalue weighted by molar-refractivity contribution is 0.0717. The maximum absolute atomic E-state index is 12.8. The summed E-state index contributed by atoms with van der Waals surface area (Å²) >= 11 is 0. The van der Waals surface area contributed by atoms with Gasteiger partial charge >= 0.3 is 0 Å². The highest BCUT2D eigenvalue weighted by Crippen LogP contribution is 2.24. The van der Waals surface area contributed by atoms with Crippen molar-refractivity contribution in [2.75, 3.05) is 25.0 Å². The summed E-state index contributed by atoms with van der Waals surface area (Å²) in [6, 6.07) is 4.22. The van der Waals surface area contributed by atoms with Crippen molar-refractivity contribution < 1.29 is 4.79 Å². The molecule has 3 aromatic rings. The highest BCUT2D eigenvalue weighted by Gasteiger charge is 2.28. The van der Waals surface area contributed by atoms with Crippen LogP contribution in [0, 0.1) is 13.8 Å². The molecule has 0 spiro atoms. The van der Waals surface area contributed by atoms with E-state index in [1.54, 1.807) is 17.1 Å². The molecule has 0 aliphatic carbocycles. The number of hydrogen-bond acceptors (Lipinski definition) is 5. The predicted octanol–water partition coefficient (Wildman–Crippen LogP) is 1.82. The molecule has 8 heteroatoms. The molecule has 3 aromatic heterocycles. The van der Waals surface area contributed by atoms with Crippen LogP contribution in [0.4, 0.5) is 5.82 Å². The summed E-state index contributed by atoms with van der Waals surface area (Å²) < 4.78 is 3.57. The van der Waals surface area contributed by atoms with Crippen LogP contribution in [-0.2, 0) is 7.05 Å². The van der Waals surface area contributed by atoms with Crippen LogP contribution in [0.15, 0.2) is 24.5 Å². The molecule has 1 unspecified atom stereocenters. The fraction of sp³-hybridized carbons (Fsp3) is 0.474. The van der Waals surface area contributed by atoms with Gasteiger partial charge in [0.15, 0.2) is 5.65 Å². The van der Waals surface area contributed by atoms with Crippen molar-refractivity contribution in [3.05, 3.63) is 41.5 Å². The van der Waals surface area contributed by atoms with E-state index in [-0.39, 0.29) is 11.9 Å². The molecule has 1 atom stereocenters. The number of carbonyl (C=O) groups is 1. The molecular weight excluding hydrogens is 342 g/mol. The van der Waals surface area contributed by atoms with Crippen molar-refractivity contribution in [1.82, 2.24) is 29.3 Å². The number of aryl methyl sites for hydroxylation is 3. The molecule has 8 nitrogen and oxygen atoms in total. The van der Waals surface area contributed by atoms with Gasteiger partial charge < -0.3 is 9.80 Å². The second-order valence-corrected chi connectivity index (χ2v) is 7.37. The number of nitrogens with zero attached hydrogens (tertiary/aromatic N) is 7. The van der Waals surface area contributed by atoms with Gasteiger partial charge in [-0.05, 0) is 26.7 Å². The van der Waals surface area contributed by atoms with Crippen LogP contribution < -0.4 is 4.90 Å². The standard InChI is InChI=1S/C19H25N7O/c1-13-9-18(26-17(21-13)8-14(2)22-26)25-7-5-6-16(12-25)24(4)19(27)15-10-20-23(3)11-15/h8-11,16H,5-7,12H2,1-4H3. The molecule has 4 rings (SSSR count). The summed E-state index contributed by atoms with van der Waals surface area (Å²) in [6.45, 7) is 5.71. The van der Waals surface area contributed by atoms with Crippen molar-refractivity contribution in [3.8, 4) is 0 Å². The first-order chi connectivity index (χ1) is 12.9. The average molecular weight is 367 g/mol. The lowest BCUT2D eigenvalue weighted by Crippen LogP contribution is -2.49. The predicted molar refractivity (Wildman–Crippen MR) is 103 cm³/mol. The van der Waals surface area contributed by atoms with E-state index in [9.17, 15) is 4.79 Å². The van der Waals surface area contributed by atoms with Gasteiger partial charge in [0, 0.05) is 57.3 Å². The molecule has 0 bridgehead atoms. The molecule has 0 N–H and O–H groups in total. The van der Waals surface area contributed by atoms with E-state index in [4.69, 9.17) is 0 Å². The number of aromatic nitrogens is 5. The second kappa shape index (κ2) is 6.68. The van der Waals surface area contributed by atoms with Gasteiger partial charge in [-0.2, -0.15) is 14.7 Å². The molecule has 4 heterocycles. The van der Waals surface area contributed by atoms with Crippen molar-refractivity contribution in [3.63, 3.8) is 0 Å². The third-order valence-corrected chi connectivity index (χ3v) is 5.20. The topological polar surface area (TPSA) is 71.6 Å². The van der Waals surface area contributed by atoms with Gasteiger partial charge in [-0.15, -0.1) is 0 Å². The maximum atomic E-state index is 12.8. The molecule has 0 radical (unpaired) electrons. The zero-order valence-electron chi connectivity index (χ0n) is 16.3. The quantitative estimate of drug-likeness (QED) is 0.706. The molecule has 1 aliphatic heterocycles. The van der Waals surface area contributed by atoms with Crippen LogP contribution in [-0.4, -0.2) is 61.4 Å². The minimum Gasteiger partial charge on any atom is -0.354 e. The van der Waals surface area contributed by atoms with Crippen LogP contribution in [0.3, 0.4) is 0 Å². The van der Waals surface area contributed by atoms with Crippen molar-refractivity contribution >= 4 is 17.4 Å². The first kappa shape index (κ1) is 17.5. The lowest BCUT2D eigenvalue weighted by Gasteiger charge is -2.38. The number of likely N-dealkylation sites (N-methyl/N-ethyl adjacent to an activating group) is 1. The van der Waals surface area contributed by atoms with Gasteiger partial charge in [-0.25, -0.2) is 4.98 Å². The number of carbonyl (C=O) groups excluding carboxylic acids is 1. The Morgan fingerprint density at radius 1 is 1.26 bits per heavy atom. The van der Waals surface area contributed by atoms with Gasteiger partial charge in [-0.3, -0.25) is 9.48 Å². The molecule has 142 valence electrons. The summed E-state index contributed by atoms with van der Waals surface area (Å²) in [5.41, 5.74) is 3.41. The highest BCUT2D eigenvalue weighted by atomic mass is 16.2. The first-order valence-electron chi connectivity index (χ1n) is 9.27. The zero-order chi connectivity index (χ0) is 19.1. The minimum absolute atomic E-state index is 0.0148. The van der Waals surface area contributed by atoms with Crippen molar-refractivity contribution in [2.45, 2.75) is 32.7 Å². The monoisotopic (exact) mass is 367 g/mol. The van der Waals surface area contributed by atoms with Crippen LogP contribution in [0.1, 0.15) is 34.6 Å². The fourth-order valence-corrected chi connectivity index (χ4v) is 3.80. The Labute approximate surface area is 158 Å². The van der Waals surface area contributed by atoms with Gasteiger partial charge in [0.25, 0.3) is 5.91 Å². The van der Waals surface area contributed by atoms with Crippen LogP contribution in [0.5, 0.6) is 0 Å². The number of amides is 1. The average Bonchev–Trinajstić information content (AvgIpc) is 3.24. The smallest absolute Gasteiger partial charge is 0.257 e. The Kier molecular flexibility index (Phi) is 4.33. The molecule has 1 fully saturated rings. The van der Waals surface area contributed by atoms with Crippen LogP contribution in [0.25, 0.3) is 5.65 Å². The number of rotatable bonds is 3. The summed E-state index contributed by atoms with van der Waals surface area (Å²) in [7, 11) is 3.71. The van der Waals surface area contributed by atoms with E-state index in [0.717, 1.165) is 48.8 Å².